The van der Waals surface area contributed by atoms with E-state index in [1.165, 1.54) is 0 Å². The SMILES string of the molecule is [C-]#[N+]C1=N/C(=N\S(=O)(=O)c2c(F)c(F)c(F)c(F)c2F)NC1=C=N. The minimum absolute atomic E-state index is 0.392. The lowest BCUT2D eigenvalue weighted by Gasteiger charge is -2.05. The molecule has 7 nitrogen and oxygen atoms in total. The third kappa shape index (κ3) is 2.64. The topological polar surface area (TPSA) is 99.1 Å². The molecule has 0 atom stereocenters. The minimum atomic E-state index is -5.41. The number of guanidine groups is 1. The van der Waals surface area contributed by atoms with Gasteiger partial charge in [0.1, 0.15) is 5.70 Å². The maximum absolute atomic E-state index is 13.5. The average molecular weight is 363 g/mol. The predicted molar refractivity (Wildman–Crippen MR) is 69.3 cm³/mol. The van der Waals surface area contributed by atoms with Gasteiger partial charge in [0.25, 0.3) is 10.0 Å². The molecular formula is C11H2F5N5O2S. The summed E-state index contributed by atoms with van der Waals surface area (Å²) in [7, 11) is -5.41. The Kier molecular flexibility index (Phi) is 4.20. The van der Waals surface area contributed by atoms with Gasteiger partial charge in [-0.25, -0.2) is 22.0 Å². The van der Waals surface area contributed by atoms with Crippen LogP contribution in [0.2, 0.25) is 0 Å². The van der Waals surface area contributed by atoms with Crippen molar-refractivity contribution in [1.29, 1.82) is 5.41 Å². The standard InChI is InChI=1S/C11H2F5N5O2S/c1-18-10-3(2-17)19-11(20-10)21-24(22,23)9-7(15)5(13)4(12)6(14)8(9)16/h17H,(H,19,21). The molecule has 124 valence electrons. The summed E-state index contributed by atoms with van der Waals surface area (Å²) in [5, 5.41) is 8.84. The molecule has 1 aromatic carbocycles. The molecule has 0 radical (unpaired) electrons. The van der Waals surface area contributed by atoms with Gasteiger partial charge < -0.3 is 10.2 Å². The maximum Gasteiger partial charge on any atom is 0.335 e. The average Bonchev–Trinajstić information content (AvgIpc) is 2.92. The fourth-order valence-electron chi connectivity index (χ4n) is 1.53. The number of nitrogens with zero attached hydrogens (tertiary/aromatic N) is 3. The number of aliphatic imine (C=N–C) groups is 1. The number of hydrogen-bond donors (Lipinski definition) is 2. The second kappa shape index (κ2) is 5.84. The van der Waals surface area contributed by atoms with E-state index in [1.807, 2.05) is 5.32 Å². The van der Waals surface area contributed by atoms with Crippen molar-refractivity contribution >= 4 is 27.7 Å². The van der Waals surface area contributed by atoms with Crippen LogP contribution in [0.15, 0.2) is 20.0 Å². The van der Waals surface area contributed by atoms with Crippen molar-refractivity contribution in [2.45, 2.75) is 4.90 Å². The van der Waals surface area contributed by atoms with Crippen LogP contribution in [-0.2, 0) is 10.0 Å². The zero-order chi connectivity index (χ0) is 18.2. The predicted octanol–water partition coefficient (Wildman–Crippen LogP) is 1.48. The van der Waals surface area contributed by atoms with E-state index in [1.54, 1.807) is 5.87 Å². The molecule has 2 rings (SSSR count). The lowest BCUT2D eigenvalue weighted by atomic mass is 10.3. The number of amidine groups is 1. The molecule has 0 amide bonds. The van der Waals surface area contributed by atoms with E-state index in [0.717, 1.165) is 0 Å². The molecule has 13 heteroatoms. The summed E-state index contributed by atoms with van der Waals surface area (Å²) in [5.41, 5.74) is -0.392. The van der Waals surface area contributed by atoms with Gasteiger partial charge in [-0.3, -0.25) is 5.41 Å². The van der Waals surface area contributed by atoms with Crippen molar-refractivity contribution in [1.82, 2.24) is 5.32 Å². The molecule has 1 heterocycles. The van der Waals surface area contributed by atoms with Crippen LogP contribution in [-0.4, -0.2) is 26.1 Å². The Labute approximate surface area is 130 Å². The molecule has 0 spiro atoms. The number of hydrogen-bond acceptors (Lipinski definition) is 3. The normalized spacial score (nSPS) is 15.8. The molecular weight excluding hydrogens is 361 g/mol. The van der Waals surface area contributed by atoms with Crippen molar-refractivity contribution < 1.29 is 30.4 Å². The van der Waals surface area contributed by atoms with Crippen LogP contribution in [0.25, 0.3) is 4.85 Å². The smallest absolute Gasteiger partial charge is 0.335 e. The van der Waals surface area contributed by atoms with E-state index in [2.05, 4.69) is 14.2 Å². The first-order valence-corrected chi connectivity index (χ1v) is 6.97. The van der Waals surface area contributed by atoms with Crippen LogP contribution in [0.1, 0.15) is 0 Å². The number of halogens is 5. The van der Waals surface area contributed by atoms with Crippen molar-refractivity contribution in [3.63, 3.8) is 0 Å². The second-order valence-corrected chi connectivity index (χ2v) is 5.50. The van der Waals surface area contributed by atoms with E-state index in [4.69, 9.17) is 12.0 Å². The fraction of sp³-hybridized carbons (Fsp3) is 0. The molecule has 1 aliphatic heterocycles. The highest BCUT2D eigenvalue weighted by atomic mass is 32.2. The third-order valence-corrected chi connectivity index (χ3v) is 3.82. The highest BCUT2D eigenvalue weighted by molar-refractivity contribution is 7.90. The summed E-state index contributed by atoms with van der Waals surface area (Å²) in [5.74, 6) is -12.4. The molecule has 1 aliphatic rings. The third-order valence-electron chi connectivity index (χ3n) is 2.54. The van der Waals surface area contributed by atoms with Crippen molar-refractivity contribution in [3.8, 4) is 0 Å². The van der Waals surface area contributed by atoms with Crippen LogP contribution in [0.4, 0.5) is 22.0 Å². The number of sulfonamides is 1. The van der Waals surface area contributed by atoms with E-state index in [9.17, 15) is 30.4 Å². The van der Waals surface area contributed by atoms with Gasteiger partial charge in [0.2, 0.25) is 5.82 Å². The van der Waals surface area contributed by atoms with Crippen LogP contribution < -0.4 is 5.32 Å². The van der Waals surface area contributed by atoms with E-state index < -0.39 is 61.5 Å². The lowest BCUT2D eigenvalue weighted by Crippen LogP contribution is -2.19. The summed E-state index contributed by atoms with van der Waals surface area (Å²) in [6, 6.07) is 0. The van der Waals surface area contributed by atoms with Crippen LogP contribution in [0.3, 0.4) is 0 Å². The molecule has 0 bridgehead atoms. The summed E-state index contributed by atoms with van der Waals surface area (Å²) in [6.07, 6.45) is 0. The Hall–Kier alpha value is -3.10. The molecule has 0 fully saturated rings. The highest BCUT2D eigenvalue weighted by Crippen LogP contribution is 2.28. The van der Waals surface area contributed by atoms with Gasteiger partial charge in [-0.15, -0.1) is 0 Å². The van der Waals surface area contributed by atoms with Crippen molar-refractivity contribution in [2.75, 3.05) is 0 Å². The van der Waals surface area contributed by atoms with Gasteiger partial charge in [-0.1, -0.05) is 16.0 Å². The van der Waals surface area contributed by atoms with Gasteiger partial charge in [0, 0.05) is 0 Å². The lowest BCUT2D eigenvalue weighted by molar-refractivity contribution is 0.358. The second-order valence-electron chi connectivity index (χ2n) is 3.96. The van der Waals surface area contributed by atoms with Crippen LogP contribution >= 0.6 is 0 Å². The first-order chi connectivity index (χ1) is 11.1. The summed E-state index contributed by atoms with van der Waals surface area (Å²) < 4.78 is 92.6. The molecule has 0 unspecified atom stereocenters. The Morgan fingerprint density at radius 2 is 1.58 bits per heavy atom. The van der Waals surface area contributed by atoms with Crippen LogP contribution in [0.5, 0.6) is 0 Å². The molecule has 0 saturated carbocycles. The molecule has 0 aliphatic carbocycles. The first kappa shape index (κ1) is 17.3. The van der Waals surface area contributed by atoms with Gasteiger partial charge >= 0.3 is 11.8 Å². The first-order valence-electron chi connectivity index (χ1n) is 5.53. The van der Waals surface area contributed by atoms with Crippen molar-refractivity contribution in [3.05, 3.63) is 46.2 Å². The number of rotatable bonds is 2. The summed E-state index contributed by atoms with van der Waals surface area (Å²) in [6.45, 7) is 6.71. The zero-order valence-corrected chi connectivity index (χ0v) is 11.8. The van der Waals surface area contributed by atoms with Gasteiger partial charge in [-0.2, -0.15) is 8.42 Å². The summed E-state index contributed by atoms with van der Waals surface area (Å²) in [4.78, 5) is 3.91. The monoisotopic (exact) mass is 363 g/mol. The number of benzene rings is 1. The van der Waals surface area contributed by atoms with E-state index >= 15 is 0 Å². The van der Waals surface area contributed by atoms with Crippen LogP contribution in [0, 0.1) is 41.1 Å². The van der Waals surface area contributed by atoms with Crippen molar-refractivity contribution in [2.24, 2.45) is 9.39 Å². The van der Waals surface area contributed by atoms with Gasteiger partial charge in [0.05, 0.1) is 0 Å². The molecule has 2 N–H and O–H groups in total. The molecule has 0 saturated heterocycles. The Bertz CT molecular complexity index is 989. The largest absolute Gasteiger partial charge is 0.358 e. The molecule has 0 aromatic heterocycles. The Morgan fingerprint density at radius 1 is 1.08 bits per heavy atom. The minimum Gasteiger partial charge on any atom is -0.358 e. The van der Waals surface area contributed by atoms with Gasteiger partial charge in [-0.05, 0) is 5.87 Å². The maximum atomic E-state index is 13.5. The van der Waals surface area contributed by atoms with Gasteiger partial charge in [0.15, 0.2) is 28.2 Å². The molecule has 24 heavy (non-hydrogen) atoms. The molecule has 1 aromatic rings. The quantitative estimate of drug-likeness (QED) is 0.274. The zero-order valence-electron chi connectivity index (χ0n) is 11.0. The Morgan fingerprint density at radius 3 is 2.00 bits per heavy atom. The van der Waals surface area contributed by atoms with E-state index in [-0.39, 0.29) is 0 Å². The summed E-state index contributed by atoms with van der Waals surface area (Å²) >= 11 is 0. The number of nitrogens with one attached hydrogen (secondary N) is 2. The fourth-order valence-corrected chi connectivity index (χ4v) is 2.57. The van der Waals surface area contributed by atoms with E-state index in [0.29, 0.717) is 0 Å². The Balaban J connectivity index is 2.68. The highest BCUT2D eigenvalue weighted by Gasteiger charge is 2.35.